The van der Waals surface area contributed by atoms with E-state index in [-0.39, 0.29) is 0 Å². The lowest BCUT2D eigenvalue weighted by molar-refractivity contribution is 0.537. The van der Waals surface area contributed by atoms with Crippen LogP contribution in [0.4, 0.5) is 0 Å². The Morgan fingerprint density at radius 2 is 2.38 bits per heavy atom. The molecule has 86 valence electrons. The number of thiazole rings is 1. The summed E-state index contributed by atoms with van der Waals surface area (Å²) >= 11 is 1.73. The number of aryl methyl sites for hydroxylation is 1. The third-order valence-corrected chi connectivity index (χ3v) is 3.55. The van der Waals surface area contributed by atoms with Crippen LogP contribution in [0.15, 0.2) is 28.4 Å². The highest BCUT2D eigenvalue weighted by Crippen LogP contribution is 2.13. The Hall–Kier alpha value is -1.13. The molecule has 0 aliphatic rings. The van der Waals surface area contributed by atoms with Crippen molar-refractivity contribution < 1.29 is 4.42 Å². The summed E-state index contributed by atoms with van der Waals surface area (Å²) in [6.07, 6.45) is 5.47. The first-order chi connectivity index (χ1) is 7.78. The monoisotopic (exact) mass is 236 g/mol. The first kappa shape index (κ1) is 11.4. The van der Waals surface area contributed by atoms with Gasteiger partial charge in [0.05, 0.1) is 17.5 Å². The molecule has 0 amide bonds. The normalized spacial score (nSPS) is 12.9. The van der Waals surface area contributed by atoms with Gasteiger partial charge in [-0.3, -0.25) is 0 Å². The predicted octanol–water partition coefficient (Wildman–Crippen LogP) is 2.42. The van der Waals surface area contributed by atoms with Crippen molar-refractivity contribution in [2.75, 3.05) is 7.05 Å². The van der Waals surface area contributed by atoms with Gasteiger partial charge in [0.2, 0.25) is 0 Å². The van der Waals surface area contributed by atoms with E-state index < -0.39 is 0 Å². The summed E-state index contributed by atoms with van der Waals surface area (Å²) in [6, 6.07) is 2.43. The predicted molar refractivity (Wildman–Crippen MR) is 65.8 cm³/mol. The molecule has 4 heteroatoms. The van der Waals surface area contributed by atoms with Crippen LogP contribution < -0.4 is 5.32 Å². The quantitative estimate of drug-likeness (QED) is 0.866. The number of hydrogen-bond donors (Lipinski definition) is 1. The van der Waals surface area contributed by atoms with E-state index in [1.807, 2.05) is 20.0 Å². The first-order valence-electron chi connectivity index (χ1n) is 5.37. The lowest BCUT2D eigenvalue weighted by Crippen LogP contribution is -2.29. The zero-order valence-electron chi connectivity index (χ0n) is 9.56. The molecule has 0 fully saturated rings. The van der Waals surface area contributed by atoms with Crippen molar-refractivity contribution in [3.05, 3.63) is 40.2 Å². The summed E-state index contributed by atoms with van der Waals surface area (Å²) in [5, 5.41) is 6.61. The standard InChI is InChI=1S/C12H16N2OS/c1-9-8-16-12(14-9)6-11(13-2)5-10-3-4-15-7-10/h3-4,7-8,11,13H,5-6H2,1-2H3. The van der Waals surface area contributed by atoms with Gasteiger partial charge in [0.25, 0.3) is 0 Å². The van der Waals surface area contributed by atoms with Gasteiger partial charge in [0.15, 0.2) is 0 Å². The Morgan fingerprint density at radius 1 is 1.50 bits per heavy atom. The largest absolute Gasteiger partial charge is 0.472 e. The van der Waals surface area contributed by atoms with E-state index >= 15 is 0 Å². The molecular formula is C12H16N2OS. The topological polar surface area (TPSA) is 38.1 Å². The zero-order valence-corrected chi connectivity index (χ0v) is 10.4. The molecule has 1 N–H and O–H groups in total. The number of rotatable bonds is 5. The number of aromatic nitrogens is 1. The number of furan rings is 1. The van der Waals surface area contributed by atoms with E-state index in [0.29, 0.717) is 6.04 Å². The smallest absolute Gasteiger partial charge is 0.0943 e. The van der Waals surface area contributed by atoms with Crippen LogP contribution in [0.2, 0.25) is 0 Å². The molecule has 2 aromatic heterocycles. The minimum atomic E-state index is 0.420. The molecule has 0 aliphatic carbocycles. The van der Waals surface area contributed by atoms with E-state index in [1.54, 1.807) is 23.9 Å². The minimum absolute atomic E-state index is 0.420. The molecule has 0 saturated heterocycles. The highest BCUT2D eigenvalue weighted by molar-refractivity contribution is 7.09. The SMILES string of the molecule is CNC(Cc1ccoc1)Cc1nc(C)cs1. The molecule has 0 bridgehead atoms. The van der Waals surface area contributed by atoms with E-state index in [0.717, 1.165) is 18.5 Å². The summed E-state index contributed by atoms with van der Waals surface area (Å²) in [5.41, 5.74) is 2.34. The van der Waals surface area contributed by atoms with E-state index in [1.165, 1.54) is 10.6 Å². The number of nitrogens with zero attached hydrogens (tertiary/aromatic N) is 1. The van der Waals surface area contributed by atoms with Crippen LogP contribution in [0.1, 0.15) is 16.3 Å². The maximum atomic E-state index is 5.07. The Balaban J connectivity index is 1.95. The fraction of sp³-hybridized carbons (Fsp3) is 0.417. The number of likely N-dealkylation sites (N-methyl/N-ethyl adjacent to an activating group) is 1. The van der Waals surface area contributed by atoms with Crippen molar-refractivity contribution in [3.63, 3.8) is 0 Å². The average molecular weight is 236 g/mol. The molecular weight excluding hydrogens is 220 g/mol. The van der Waals surface area contributed by atoms with Gasteiger partial charge in [-0.25, -0.2) is 4.98 Å². The molecule has 1 unspecified atom stereocenters. The number of nitrogens with one attached hydrogen (secondary N) is 1. The highest BCUT2D eigenvalue weighted by atomic mass is 32.1. The molecule has 0 aromatic carbocycles. The van der Waals surface area contributed by atoms with Gasteiger partial charge in [-0.05, 0) is 32.0 Å². The van der Waals surface area contributed by atoms with Crippen molar-refractivity contribution >= 4 is 11.3 Å². The Bertz CT molecular complexity index is 422. The van der Waals surface area contributed by atoms with Gasteiger partial charge in [-0.15, -0.1) is 11.3 Å². The maximum absolute atomic E-state index is 5.07. The van der Waals surface area contributed by atoms with Crippen molar-refractivity contribution in [2.45, 2.75) is 25.8 Å². The van der Waals surface area contributed by atoms with Crippen molar-refractivity contribution in [2.24, 2.45) is 0 Å². The fourth-order valence-corrected chi connectivity index (χ4v) is 2.53. The van der Waals surface area contributed by atoms with Crippen LogP contribution in [0, 0.1) is 6.92 Å². The minimum Gasteiger partial charge on any atom is -0.472 e. The van der Waals surface area contributed by atoms with Gasteiger partial charge in [-0.1, -0.05) is 0 Å². The van der Waals surface area contributed by atoms with Gasteiger partial charge in [0, 0.05) is 23.5 Å². The van der Waals surface area contributed by atoms with E-state index in [9.17, 15) is 0 Å². The summed E-state index contributed by atoms with van der Waals surface area (Å²) in [4.78, 5) is 4.48. The third-order valence-electron chi connectivity index (χ3n) is 2.56. The highest BCUT2D eigenvalue weighted by Gasteiger charge is 2.11. The molecule has 2 heterocycles. The van der Waals surface area contributed by atoms with Gasteiger partial charge < -0.3 is 9.73 Å². The Kier molecular flexibility index (Phi) is 3.74. The van der Waals surface area contributed by atoms with Crippen molar-refractivity contribution in [1.82, 2.24) is 10.3 Å². The van der Waals surface area contributed by atoms with Crippen molar-refractivity contribution in [3.8, 4) is 0 Å². The van der Waals surface area contributed by atoms with Crippen LogP contribution in [0.5, 0.6) is 0 Å². The first-order valence-corrected chi connectivity index (χ1v) is 6.25. The van der Waals surface area contributed by atoms with Gasteiger partial charge in [0.1, 0.15) is 0 Å². The molecule has 2 rings (SSSR count). The Labute approximate surface area is 99.5 Å². The second-order valence-electron chi connectivity index (χ2n) is 3.91. The summed E-state index contributed by atoms with van der Waals surface area (Å²) in [5.74, 6) is 0. The lowest BCUT2D eigenvalue weighted by Gasteiger charge is -2.13. The molecule has 0 radical (unpaired) electrons. The maximum Gasteiger partial charge on any atom is 0.0943 e. The van der Waals surface area contributed by atoms with Crippen molar-refractivity contribution in [1.29, 1.82) is 0 Å². The van der Waals surface area contributed by atoms with Crippen LogP contribution in [-0.4, -0.2) is 18.1 Å². The van der Waals surface area contributed by atoms with E-state index in [4.69, 9.17) is 4.42 Å². The van der Waals surface area contributed by atoms with Gasteiger partial charge in [-0.2, -0.15) is 0 Å². The average Bonchev–Trinajstić information content (AvgIpc) is 2.89. The molecule has 16 heavy (non-hydrogen) atoms. The molecule has 0 spiro atoms. The second-order valence-corrected chi connectivity index (χ2v) is 4.85. The Morgan fingerprint density at radius 3 is 2.94 bits per heavy atom. The van der Waals surface area contributed by atoms with Crippen LogP contribution in [0.3, 0.4) is 0 Å². The summed E-state index contributed by atoms with van der Waals surface area (Å²) < 4.78 is 5.07. The van der Waals surface area contributed by atoms with Crippen LogP contribution >= 0.6 is 11.3 Å². The molecule has 2 aromatic rings. The molecule has 3 nitrogen and oxygen atoms in total. The summed E-state index contributed by atoms with van der Waals surface area (Å²) in [7, 11) is 1.99. The zero-order chi connectivity index (χ0) is 11.4. The summed E-state index contributed by atoms with van der Waals surface area (Å²) in [6.45, 7) is 2.03. The number of hydrogen-bond acceptors (Lipinski definition) is 4. The fourth-order valence-electron chi connectivity index (χ4n) is 1.68. The second kappa shape index (κ2) is 5.27. The van der Waals surface area contributed by atoms with Crippen LogP contribution in [0.25, 0.3) is 0 Å². The van der Waals surface area contributed by atoms with E-state index in [2.05, 4.69) is 15.7 Å². The lowest BCUT2D eigenvalue weighted by atomic mass is 10.1. The van der Waals surface area contributed by atoms with Gasteiger partial charge >= 0.3 is 0 Å². The molecule has 1 atom stereocenters. The molecule has 0 aliphatic heterocycles. The third kappa shape index (κ3) is 2.93. The van der Waals surface area contributed by atoms with Crippen LogP contribution in [-0.2, 0) is 12.8 Å². The molecule has 0 saturated carbocycles.